The molecule has 2 rings (SSSR count). The Kier molecular flexibility index (Phi) is 2.42. The summed E-state index contributed by atoms with van der Waals surface area (Å²) < 4.78 is 12.9. The topological polar surface area (TPSA) is 12.9 Å². The van der Waals surface area contributed by atoms with Gasteiger partial charge in [-0.05, 0) is 0 Å². The molecule has 0 aliphatic carbocycles. The molecule has 0 atom stereocenters. The van der Waals surface area contributed by atoms with Crippen LogP contribution in [0, 0.1) is 5.95 Å². The normalized spacial score (nSPS) is 14.9. The van der Waals surface area contributed by atoms with Crippen molar-refractivity contribution in [2.75, 3.05) is 5.08 Å². The Morgan fingerprint density at radius 3 is 2.75 bits per heavy atom. The first-order chi connectivity index (χ1) is 5.70. The highest BCUT2D eigenvalue weighted by atomic mass is 35.5. The Hall–Kier alpha value is 0.360. The molecule has 2 bridgehead atoms. The van der Waals surface area contributed by atoms with Crippen molar-refractivity contribution >= 4 is 46.7 Å². The van der Waals surface area contributed by atoms with Crippen molar-refractivity contribution in [3.05, 3.63) is 16.0 Å². The maximum Gasteiger partial charge on any atom is 0.233 e. The van der Waals surface area contributed by atoms with E-state index in [4.69, 9.17) is 23.2 Å². The van der Waals surface area contributed by atoms with Crippen LogP contribution in [0.15, 0.2) is 9.92 Å². The van der Waals surface area contributed by atoms with Gasteiger partial charge in [0.15, 0.2) is 0 Å². The van der Waals surface area contributed by atoms with Crippen LogP contribution in [-0.2, 0) is 0 Å². The molecule has 0 fully saturated rings. The molecule has 0 radical (unpaired) electrons. The van der Waals surface area contributed by atoms with E-state index < -0.39 is 5.95 Å². The van der Waals surface area contributed by atoms with Gasteiger partial charge >= 0.3 is 0 Å². The molecule has 0 unspecified atom stereocenters. The zero-order chi connectivity index (χ0) is 8.72. The number of hydrogen-bond donors (Lipinski definition) is 0. The van der Waals surface area contributed by atoms with Gasteiger partial charge in [-0.3, -0.25) is 0 Å². The predicted octanol–water partition coefficient (Wildman–Crippen LogP) is 3.68. The lowest BCUT2D eigenvalue weighted by Gasteiger charge is -2.14. The number of halogens is 3. The van der Waals surface area contributed by atoms with E-state index in [-0.39, 0.29) is 5.02 Å². The standard InChI is InChI=1S/C6H2Cl2FNS2/c7-2-4-3(8)6(10-5(2)9)12-1-11-4/h1H2. The SMILES string of the molecule is Fc1nc2c(Cl)c(c1Cl)SCS2. The molecule has 2 heterocycles. The zero-order valence-corrected chi connectivity index (χ0v) is 8.75. The van der Waals surface area contributed by atoms with Gasteiger partial charge in [0.25, 0.3) is 0 Å². The van der Waals surface area contributed by atoms with E-state index in [9.17, 15) is 4.39 Å². The highest BCUT2D eigenvalue weighted by molar-refractivity contribution is 8.16. The third-order valence-corrected chi connectivity index (χ3v) is 4.62. The first kappa shape index (κ1) is 8.94. The summed E-state index contributed by atoms with van der Waals surface area (Å²) in [7, 11) is 0. The number of nitrogens with zero attached hydrogens (tertiary/aromatic N) is 1. The van der Waals surface area contributed by atoms with Crippen molar-refractivity contribution < 1.29 is 4.39 Å². The molecule has 0 amide bonds. The summed E-state index contributed by atoms with van der Waals surface area (Å²) in [5, 5.41) is 1.83. The van der Waals surface area contributed by atoms with Crippen LogP contribution >= 0.6 is 46.7 Å². The van der Waals surface area contributed by atoms with Gasteiger partial charge in [0, 0.05) is 0 Å². The Labute approximate surface area is 87.0 Å². The number of aromatic nitrogens is 1. The lowest BCUT2D eigenvalue weighted by Crippen LogP contribution is -1.97. The van der Waals surface area contributed by atoms with E-state index in [1.807, 2.05) is 0 Å². The average molecular weight is 242 g/mol. The lowest BCUT2D eigenvalue weighted by molar-refractivity contribution is 0.568. The molecular weight excluding hydrogens is 240 g/mol. The molecule has 0 aromatic carbocycles. The summed E-state index contributed by atoms with van der Waals surface area (Å²) in [4.78, 5) is 4.23. The first-order valence-corrected chi connectivity index (χ1v) is 5.73. The molecule has 1 aromatic heterocycles. The Balaban J connectivity index is 2.71. The third-order valence-electron chi connectivity index (χ3n) is 1.37. The molecule has 6 heteroatoms. The number of pyridine rings is 1. The minimum atomic E-state index is -0.634. The minimum absolute atomic E-state index is 0.0362. The Morgan fingerprint density at radius 1 is 1.25 bits per heavy atom. The van der Waals surface area contributed by atoms with Gasteiger partial charge in [-0.15, -0.1) is 11.8 Å². The van der Waals surface area contributed by atoms with Crippen LogP contribution in [0.5, 0.6) is 0 Å². The second-order valence-corrected chi connectivity index (χ2v) is 5.14. The van der Waals surface area contributed by atoms with Crippen molar-refractivity contribution in [2.24, 2.45) is 0 Å². The molecule has 0 spiro atoms. The molecule has 1 aliphatic heterocycles. The average Bonchev–Trinajstić information content (AvgIpc) is 2.04. The van der Waals surface area contributed by atoms with E-state index in [0.717, 1.165) is 5.08 Å². The quantitative estimate of drug-likeness (QED) is 0.644. The third kappa shape index (κ3) is 1.31. The zero-order valence-electron chi connectivity index (χ0n) is 5.60. The van der Waals surface area contributed by atoms with Crippen LogP contribution in [0.1, 0.15) is 0 Å². The fraction of sp³-hybridized carbons (Fsp3) is 0.167. The van der Waals surface area contributed by atoms with Crippen LogP contribution in [0.2, 0.25) is 10.0 Å². The van der Waals surface area contributed by atoms with Crippen LogP contribution in [-0.4, -0.2) is 10.1 Å². The Morgan fingerprint density at radius 2 is 2.00 bits per heavy atom. The summed E-state index contributed by atoms with van der Waals surface area (Å²) in [5.74, 6) is -0.634. The van der Waals surface area contributed by atoms with Crippen molar-refractivity contribution in [1.29, 1.82) is 0 Å². The minimum Gasteiger partial charge on any atom is -0.210 e. The first-order valence-electron chi connectivity index (χ1n) is 3.00. The van der Waals surface area contributed by atoms with Gasteiger partial charge in [0.2, 0.25) is 5.95 Å². The van der Waals surface area contributed by atoms with E-state index >= 15 is 0 Å². The highest BCUT2D eigenvalue weighted by Crippen LogP contribution is 2.46. The fourth-order valence-corrected chi connectivity index (χ4v) is 3.68. The van der Waals surface area contributed by atoms with E-state index in [2.05, 4.69) is 4.98 Å². The Bertz CT molecular complexity index is 338. The van der Waals surface area contributed by atoms with Gasteiger partial charge in [0.05, 0.1) is 15.0 Å². The molecule has 0 N–H and O–H groups in total. The second-order valence-electron chi connectivity index (χ2n) is 2.07. The van der Waals surface area contributed by atoms with Gasteiger partial charge < -0.3 is 0 Å². The maximum absolute atomic E-state index is 12.9. The summed E-state index contributed by atoms with van der Waals surface area (Å²) in [5.41, 5.74) is 0. The smallest absolute Gasteiger partial charge is 0.210 e. The molecule has 64 valence electrons. The van der Waals surface area contributed by atoms with Crippen molar-refractivity contribution in [2.45, 2.75) is 9.92 Å². The predicted molar refractivity (Wildman–Crippen MR) is 50.8 cm³/mol. The molecule has 1 aliphatic rings. The van der Waals surface area contributed by atoms with Crippen molar-refractivity contribution in [1.82, 2.24) is 4.98 Å². The maximum atomic E-state index is 12.9. The number of fused-ring (bicyclic) bond motifs is 2. The van der Waals surface area contributed by atoms with Gasteiger partial charge in [-0.2, -0.15) is 4.39 Å². The summed E-state index contributed by atoms with van der Waals surface area (Å²) in [6.07, 6.45) is 0. The summed E-state index contributed by atoms with van der Waals surface area (Å²) >= 11 is 14.4. The van der Waals surface area contributed by atoms with Gasteiger partial charge in [0.1, 0.15) is 10.0 Å². The van der Waals surface area contributed by atoms with Crippen molar-refractivity contribution in [3.8, 4) is 0 Å². The molecular formula is C6H2Cl2FNS2. The lowest BCUT2D eigenvalue weighted by atomic mass is 10.5. The summed E-state index contributed by atoms with van der Waals surface area (Å²) in [6, 6.07) is 0. The van der Waals surface area contributed by atoms with E-state index in [1.54, 1.807) is 0 Å². The van der Waals surface area contributed by atoms with E-state index in [1.165, 1.54) is 23.5 Å². The molecule has 0 saturated carbocycles. The van der Waals surface area contributed by atoms with Crippen LogP contribution in [0.4, 0.5) is 4.39 Å². The van der Waals surface area contributed by atoms with Gasteiger partial charge in [-0.1, -0.05) is 35.0 Å². The summed E-state index contributed by atoms with van der Waals surface area (Å²) in [6.45, 7) is 0. The largest absolute Gasteiger partial charge is 0.233 e. The van der Waals surface area contributed by atoms with Crippen LogP contribution in [0.3, 0.4) is 0 Å². The monoisotopic (exact) mass is 241 g/mol. The molecule has 0 saturated heterocycles. The van der Waals surface area contributed by atoms with E-state index in [0.29, 0.717) is 14.9 Å². The fourth-order valence-electron chi connectivity index (χ4n) is 0.841. The molecule has 1 aromatic rings. The number of rotatable bonds is 0. The number of hydrogen-bond acceptors (Lipinski definition) is 3. The van der Waals surface area contributed by atoms with Gasteiger partial charge in [-0.25, -0.2) is 4.98 Å². The van der Waals surface area contributed by atoms with Crippen LogP contribution < -0.4 is 0 Å². The van der Waals surface area contributed by atoms with Crippen molar-refractivity contribution in [3.63, 3.8) is 0 Å². The molecule has 12 heavy (non-hydrogen) atoms. The highest BCUT2D eigenvalue weighted by Gasteiger charge is 2.21. The molecule has 1 nitrogen and oxygen atoms in total. The number of thioether (sulfide) groups is 2. The van der Waals surface area contributed by atoms with Crippen LogP contribution in [0.25, 0.3) is 0 Å². The second kappa shape index (κ2) is 3.25.